The molecule has 3 aromatic rings. The lowest BCUT2D eigenvalue weighted by Gasteiger charge is -1.96. The van der Waals surface area contributed by atoms with Crippen molar-refractivity contribution in [2.24, 2.45) is 0 Å². The molecule has 0 nitrogen and oxygen atoms in total. The maximum absolute atomic E-state index is 2.20. The van der Waals surface area contributed by atoms with Crippen molar-refractivity contribution in [3.05, 3.63) is 83.9 Å². The topological polar surface area (TPSA) is 0 Å². The first kappa shape index (κ1) is 49.1. The molecule has 0 aliphatic rings. The van der Waals surface area contributed by atoms with E-state index >= 15 is 0 Å². The predicted octanol–water partition coefficient (Wildman–Crippen LogP) is 13.4. The molecule has 202 valence electrons. The predicted molar refractivity (Wildman–Crippen MR) is 171 cm³/mol. The quantitative estimate of drug-likeness (QED) is 0.304. The van der Waals surface area contributed by atoms with Crippen LogP contribution in [0.25, 0.3) is 10.8 Å². The Kier molecular flexibility index (Phi) is 83.3. The lowest BCUT2D eigenvalue weighted by molar-refractivity contribution is 1.48. The van der Waals surface area contributed by atoms with Crippen LogP contribution in [0.3, 0.4) is 0 Å². The Bertz CT molecular complexity index is 609. The van der Waals surface area contributed by atoms with Gasteiger partial charge >= 0.3 is 0 Å². The van der Waals surface area contributed by atoms with E-state index in [0.717, 1.165) is 0 Å². The van der Waals surface area contributed by atoms with Crippen molar-refractivity contribution in [3.63, 3.8) is 0 Å². The second kappa shape index (κ2) is 57.6. The van der Waals surface area contributed by atoms with E-state index in [4.69, 9.17) is 0 Å². The third-order valence-electron chi connectivity index (χ3n) is 2.85. The molecule has 0 heterocycles. The van der Waals surface area contributed by atoms with E-state index in [1.54, 1.807) is 0 Å². The van der Waals surface area contributed by atoms with Gasteiger partial charge in [0.25, 0.3) is 0 Å². The molecule has 0 aliphatic carbocycles. The summed E-state index contributed by atoms with van der Waals surface area (Å²) in [4.78, 5) is 0. The summed E-state index contributed by atoms with van der Waals surface area (Å²) in [6.45, 7) is 36.2. The fourth-order valence-electron chi connectivity index (χ4n) is 1.84. The first-order valence-corrected chi connectivity index (χ1v) is 14.2. The van der Waals surface area contributed by atoms with Crippen LogP contribution < -0.4 is 0 Å². The molecule has 0 aliphatic heterocycles. The number of benzene rings is 3. The molecular weight excluding hydrogens is 408 g/mol. The summed E-state index contributed by atoms with van der Waals surface area (Å²) in [5, 5.41) is 2.64. The van der Waals surface area contributed by atoms with Gasteiger partial charge in [0.05, 0.1) is 0 Å². The van der Waals surface area contributed by atoms with Crippen molar-refractivity contribution in [2.45, 2.75) is 125 Å². The van der Waals surface area contributed by atoms with Gasteiger partial charge in [-0.3, -0.25) is 0 Å². The zero-order chi connectivity index (χ0) is 28.8. The van der Waals surface area contributed by atoms with Crippen molar-refractivity contribution in [3.8, 4) is 0 Å². The minimum absolute atomic E-state index is 1.32. The van der Waals surface area contributed by atoms with Gasteiger partial charge < -0.3 is 0 Å². The van der Waals surface area contributed by atoms with E-state index in [-0.39, 0.29) is 0 Å². The van der Waals surface area contributed by atoms with Gasteiger partial charge in [0.2, 0.25) is 0 Å². The summed E-state index contributed by atoms with van der Waals surface area (Å²) in [5.41, 5.74) is 2.64. The normalized spacial score (nSPS) is 6.53. The molecule has 0 heteroatoms. The smallest absolute Gasteiger partial charge is 0.0181 e. The van der Waals surface area contributed by atoms with E-state index in [1.807, 2.05) is 129 Å². The first-order chi connectivity index (χ1) is 16.8. The molecule has 0 fully saturated rings. The highest BCUT2D eigenvalue weighted by atomic mass is 13.9. The molecule has 0 atom stereocenters. The Hall–Kier alpha value is -2.08. The largest absolute Gasteiger partial charge is 0.0683 e. The first-order valence-electron chi connectivity index (χ1n) is 14.2. The van der Waals surface area contributed by atoms with E-state index in [1.165, 1.54) is 21.9 Å². The van der Waals surface area contributed by atoms with Crippen molar-refractivity contribution >= 4 is 10.8 Å². The molecular formula is C34H66. The molecule has 34 heavy (non-hydrogen) atoms. The van der Waals surface area contributed by atoms with Crippen molar-refractivity contribution in [1.82, 2.24) is 0 Å². The number of hydrogen-bond acceptors (Lipinski definition) is 0. The third kappa shape index (κ3) is 37.2. The van der Waals surface area contributed by atoms with Gasteiger partial charge in [0.15, 0.2) is 0 Å². The van der Waals surface area contributed by atoms with Crippen LogP contribution in [-0.2, 0) is 0 Å². The van der Waals surface area contributed by atoms with Crippen LogP contribution in [0, 0.1) is 13.8 Å². The van der Waals surface area contributed by atoms with Gasteiger partial charge in [-0.15, -0.1) is 0 Å². The van der Waals surface area contributed by atoms with Crippen molar-refractivity contribution in [2.75, 3.05) is 0 Å². The maximum Gasteiger partial charge on any atom is -0.0181 e. The van der Waals surface area contributed by atoms with Crippen LogP contribution in [0.5, 0.6) is 0 Å². The molecule has 0 spiro atoms. The van der Waals surface area contributed by atoms with E-state index in [9.17, 15) is 0 Å². The van der Waals surface area contributed by atoms with Crippen LogP contribution in [0.15, 0.2) is 72.8 Å². The molecule has 0 amide bonds. The summed E-state index contributed by atoms with van der Waals surface area (Å²) in [6.07, 6.45) is 0. The number of rotatable bonds is 0. The van der Waals surface area contributed by atoms with E-state index in [2.05, 4.69) is 68.4 Å². The Morgan fingerprint density at radius 3 is 0.941 bits per heavy atom. The van der Waals surface area contributed by atoms with Gasteiger partial charge in [-0.25, -0.2) is 0 Å². The summed E-state index contributed by atoms with van der Waals surface area (Å²) in [6, 6.07) is 25.2. The summed E-state index contributed by atoms with van der Waals surface area (Å²) in [5.74, 6) is 0. The monoisotopic (exact) mass is 475 g/mol. The minimum atomic E-state index is 1.32. The highest BCUT2D eigenvalue weighted by Gasteiger charge is 1.89. The fourth-order valence-corrected chi connectivity index (χ4v) is 1.84. The standard InChI is InChI=1S/C11H10.C7H8.8C2H6/c1-9-6-7-10-4-2-3-5-11(10)8-9;1-7-5-3-2-4-6-7;8*1-2/h2-8H,1H3;2-6H,1H3;8*1-2H3. The Balaban J connectivity index is -0.0000000557. The minimum Gasteiger partial charge on any atom is -0.0683 e. The molecule has 0 aromatic heterocycles. The van der Waals surface area contributed by atoms with Gasteiger partial charge in [-0.1, -0.05) is 195 Å². The van der Waals surface area contributed by atoms with Crippen LogP contribution in [0.4, 0.5) is 0 Å². The van der Waals surface area contributed by atoms with Crippen LogP contribution in [0.1, 0.15) is 122 Å². The Morgan fingerprint density at radius 2 is 0.618 bits per heavy atom. The molecule has 3 rings (SSSR count). The molecule has 0 saturated heterocycles. The zero-order valence-electron chi connectivity index (χ0n) is 26.9. The fraction of sp³-hybridized carbons (Fsp3) is 0.529. The van der Waals surface area contributed by atoms with Gasteiger partial charge in [-0.05, 0) is 24.6 Å². The molecule has 3 aromatic carbocycles. The molecule has 0 unspecified atom stereocenters. The average molecular weight is 475 g/mol. The summed E-state index contributed by atoms with van der Waals surface area (Å²) in [7, 11) is 0. The number of hydrogen-bond donors (Lipinski definition) is 0. The van der Waals surface area contributed by atoms with Gasteiger partial charge in [0, 0.05) is 0 Å². The number of fused-ring (bicyclic) bond motifs is 1. The Morgan fingerprint density at radius 1 is 0.294 bits per heavy atom. The summed E-state index contributed by atoms with van der Waals surface area (Å²) < 4.78 is 0. The molecule has 0 radical (unpaired) electrons. The lowest BCUT2D eigenvalue weighted by atomic mass is 10.1. The third-order valence-corrected chi connectivity index (χ3v) is 2.85. The molecule has 0 N–H and O–H groups in total. The average Bonchev–Trinajstić information content (AvgIpc) is 2.98. The van der Waals surface area contributed by atoms with Gasteiger partial charge in [0.1, 0.15) is 0 Å². The second-order valence-corrected chi connectivity index (χ2v) is 4.51. The van der Waals surface area contributed by atoms with Gasteiger partial charge in [-0.2, -0.15) is 0 Å². The molecule has 0 bridgehead atoms. The summed E-state index contributed by atoms with van der Waals surface area (Å²) >= 11 is 0. The van der Waals surface area contributed by atoms with Crippen molar-refractivity contribution in [1.29, 1.82) is 0 Å². The maximum atomic E-state index is 2.20. The van der Waals surface area contributed by atoms with Crippen LogP contribution in [0.2, 0.25) is 0 Å². The Labute approximate surface area is 219 Å². The molecule has 0 saturated carbocycles. The van der Waals surface area contributed by atoms with Crippen LogP contribution >= 0.6 is 0 Å². The van der Waals surface area contributed by atoms with E-state index in [0.29, 0.717) is 0 Å². The zero-order valence-corrected chi connectivity index (χ0v) is 26.9. The van der Waals surface area contributed by atoms with E-state index < -0.39 is 0 Å². The highest BCUT2D eigenvalue weighted by molar-refractivity contribution is 5.82. The lowest BCUT2D eigenvalue weighted by Crippen LogP contribution is -1.73. The van der Waals surface area contributed by atoms with Crippen LogP contribution in [-0.4, -0.2) is 0 Å². The SMILES string of the molecule is CC.CC.CC.CC.CC.CC.CC.CC.Cc1ccc2ccccc2c1.Cc1ccccc1. The number of aryl methyl sites for hydroxylation is 2. The highest BCUT2D eigenvalue weighted by Crippen LogP contribution is 2.14. The second-order valence-electron chi connectivity index (χ2n) is 4.51. The van der Waals surface area contributed by atoms with Crippen molar-refractivity contribution < 1.29 is 0 Å².